The Labute approximate surface area is 178 Å². The third-order valence-corrected chi connectivity index (χ3v) is 5.52. The Bertz CT molecular complexity index is 1300. The number of benzene rings is 1. The van der Waals surface area contributed by atoms with Crippen LogP contribution in [0.1, 0.15) is 27.4 Å². The van der Waals surface area contributed by atoms with Gasteiger partial charge in [-0.3, -0.25) is 14.9 Å². The summed E-state index contributed by atoms with van der Waals surface area (Å²) in [6.45, 7) is 2.77. The van der Waals surface area contributed by atoms with Crippen LogP contribution in [-0.4, -0.2) is 51.1 Å². The number of nitrogens with zero attached hydrogens (tertiary/aromatic N) is 4. The number of aromatic nitrogens is 4. The molecule has 0 unspecified atom stereocenters. The Balaban J connectivity index is 1.47. The monoisotopic (exact) mass is 417 g/mol. The van der Waals surface area contributed by atoms with Gasteiger partial charge in [0.2, 0.25) is 5.95 Å². The van der Waals surface area contributed by atoms with E-state index < -0.39 is 0 Å². The van der Waals surface area contributed by atoms with E-state index >= 15 is 0 Å². The van der Waals surface area contributed by atoms with Gasteiger partial charge in [-0.2, -0.15) is 0 Å². The van der Waals surface area contributed by atoms with Crippen LogP contribution < -0.4 is 16.0 Å². The van der Waals surface area contributed by atoms with Crippen LogP contribution in [0.25, 0.3) is 22.1 Å². The number of aryl methyl sites for hydroxylation is 1. The van der Waals surface area contributed by atoms with E-state index in [0.29, 0.717) is 30.4 Å². The fourth-order valence-corrected chi connectivity index (χ4v) is 4.02. The highest BCUT2D eigenvalue weighted by atomic mass is 16.2. The first-order valence-electron chi connectivity index (χ1n) is 10.4. The molecule has 158 valence electrons. The second-order valence-electron chi connectivity index (χ2n) is 7.53. The molecule has 0 radical (unpaired) electrons. The predicted octanol–water partition coefficient (Wildman–Crippen LogP) is 1.99. The summed E-state index contributed by atoms with van der Waals surface area (Å²) in [6, 6.07) is 13.1. The second-order valence-corrected chi connectivity index (χ2v) is 7.53. The number of hydrogen-bond donors (Lipinski definition) is 3. The summed E-state index contributed by atoms with van der Waals surface area (Å²) in [5.41, 5.74) is 3.30. The maximum absolute atomic E-state index is 13.0. The second kappa shape index (κ2) is 7.84. The van der Waals surface area contributed by atoms with Gasteiger partial charge in [-0.1, -0.05) is 12.1 Å². The lowest BCUT2D eigenvalue weighted by molar-refractivity contribution is 0.0928. The zero-order valence-corrected chi connectivity index (χ0v) is 17.2. The van der Waals surface area contributed by atoms with Crippen LogP contribution in [0.5, 0.6) is 0 Å². The summed E-state index contributed by atoms with van der Waals surface area (Å²) in [5, 5.41) is 9.74. The molecule has 9 nitrogen and oxygen atoms in total. The highest BCUT2D eigenvalue weighted by molar-refractivity contribution is 6.04. The molecule has 3 aromatic heterocycles. The van der Waals surface area contributed by atoms with Gasteiger partial charge in [-0.05, 0) is 50.3 Å². The lowest BCUT2D eigenvalue weighted by Crippen LogP contribution is -2.35. The Morgan fingerprint density at radius 2 is 2.06 bits per heavy atom. The Morgan fingerprint density at radius 3 is 2.94 bits per heavy atom. The molecule has 2 amide bonds. The third-order valence-electron chi connectivity index (χ3n) is 5.52. The Morgan fingerprint density at radius 1 is 1.19 bits per heavy atom. The number of fused-ring (bicyclic) bond motifs is 4. The average molecular weight is 417 g/mol. The first-order valence-corrected chi connectivity index (χ1v) is 10.4. The number of carbonyl (C=O) groups excluding carboxylic acids is 2. The van der Waals surface area contributed by atoms with Crippen LogP contribution in [0.4, 0.5) is 5.95 Å². The van der Waals surface area contributed by atoms with Crippen molar-refractivity contribution in [3.8, 4) is 0 Å². The molecule has 0 spiro atoms. The van der Waals surface area contributed by atoms with Crippen molar-refractivity contribution in [1.82, 2.24) is 29.7 Å². The molecule has 0 fully saturated rings. The maximum Gasteiger partial charge on any atom is 0.276 e. The molecule has 0 bridgehead atoms. The van der Waals surface area contributed by atoms with Gasteiger partial charge in [-0.25, -0.2) is 9.97 Å². The predicted molar refractivity (Wildman–Crippen MR) is 118 cm³/mol. The van der Waals surface area contributed by atoms with E-state index in [1.54, 1.807) is 12.1 Å². The molecule has 3 N–H and O–H groups in total. The molecule has 1 aliphatic rings. The SMILES string of the molecule is CNCCCn1c(NC(=O)c2ccc3cc4n(c3n2)CCNC4=O)nc2ccccc21. The maximum atomic E-state index is 13.0. The van der Waals surface area contributed by atoms with Crippen molar-refractivity contribution in [2.75, 3.05) is 25.5 Å². The van der Waals surface area contributed by atoms with Crippen LogP contribution in [0.2, 0.25) is 0 Å². The zero-order valence-electron chi connectivity index (χ0n) is 17.2. The first kappa shape index (κ1) is 19.3. The van der Waals surface area contributed by atoms with Gasteiger partial charge in [0.15, 0.2) is 0 Å². The van der Waals surface area contributed by atoms with Crippen LogP contribution in [0, 0.1) is 0 Å². The van der Waals surface area contributed by atoms with E-state index in [4.69, 9.17) is 0 Å². The highest BCUT2D eigenvalue weighted by Gasteiger charge is 2.22. The van der Waals surface area contributed by atoms with Crippen LogP contribution in [0.3, 0.4) is 0 Å². The van der Waals surface area contributed by atoms with Crippen molar-refractivity contribution in [1.29, 1.82) is 0 Å². The molecule has 0 atom stereocenters. The summed E-state index contributed by atoms with van der Waals surface area (Å²) in [7, 11) is 1.92. The van der Waals surface area contributed by atoms with Crippen LogP contribution >= 0.6 is 0 Å². The largest absolute Gasteiger partial charge is 0.349 e. The summed E-state index contributed by atoms with van der Waals surface area (Å²) < 4.78 is 3.88. The molecule has 9 heteroatoms. The number of imidazole rings is 1. The number of rotatable bonds is 6. The third kappa shape index (κ3) is 3.42. The van der Waals surface area contributed by atoms with E-state index in [1.807, 2.05) is 46.5 Å². The summed E-state index contributed by atoms with van der Waals surface area (Å²) in [6.07, 6.45) is 0.905. The highest BCUT2D eigenvalue weighted by Crippen LogP contribution is 2.23. The number of amides is 2. The molecule has 5 rings (SSSR count). The van der Waals surface area contributed by atoms with Crippen molar-refractivity contribution in [3.63, 3.8) is 0 Å². The number of nitrogens with one attached hydrogen (secondary N) is 3. The van der Waals surface area contributed by atoms with Crippen LogP contribution in [-0.2, 0) is 13.1 Å². The Kier molecular flexibility index (Phi) is 4.87. The van der Waals surface area contributed by atoms with Crippen molar-refractivity contribution in [2.24, 2.45) is 0 Å². The van der Waals surface area contributed by atoms with Crippen molar-refractivity contribution in [2.45, 2.75) is 19.5 Å². The average Bonchev–Trinajstić information content (AvgIpc) is 3.32. The minimum Gasteiger partial charge on any atom is -0.349 e. The van der Waals surface area contributed by atoms with Gasteiger partial charge in [0.1, 0.15) is 17.0 Å². The van der Waals surface area contributed by atoms with Gasteiger partial charge < -0.3 is 19.8 Å². The van der Waals surface area contributed by atoms with Gasteiger partial charge in [0.25, 0.3) is 11.8 Å². The molecular weight excluding hydrogens is 394 g/mol. The van der Waals surface area contributed by atoms with Crippen molar-refractivity contribution in [3.05, 3.63) is 53.9 Å². The first-order chi connectivity index (χ1) is 15.2. The Hall–Kier alpha value is -3.72. The number of anilines is 1. The smallest absolute Gasteiger partial charge is 0.276 e. The molecule has 1 aromatic carbocycles. The van der Waals surface area contributed by atoms with Gasteiger partial charge in [-0.15, -0.1) is 0 Å². The molecule has 31 heavy (non-hydrogen) atoms. The summed E-state index contributed by atoms with van der Waals surface area (Å²) in [4.78, 5) is 34.3. The summed E-state index contributed by atoms with van der Waals surface area (Å²) >= 11 is 0. The van der Waals surface area contributed by atoms with E-state index in [0.717, 1.165) is 35.9 Å². The number of hydrogen-bond acceptors (Lipinski definition) is 5. The topological polar surface area (TPSA) is 106 Å². The van der Waals surface area contributed by atoms with E-state index in [2.05, 4.69) is 25.9 Å². The lowest BCUT2D eigenvalue weighted by Gasteiger charge is -2.16. The number of para-hydroxylation sites is 2. The fourth-order valence-electron chi connectivity index (χ4n) is 4.02. The molecule has 0 saturated heterocycles. The summed E-state index contributed by atoms with van der Waals surface area (Å²) in [5.74, 6) is 0.0502. The zero-order chi connectivity index (χ0) is 21.4. The van der Waals surface area contributed by atoms with Gasteiger partial charge >= 0.3 is 0 Å². The minimum atomic E-state index is -0.331. The molecule has 0 aliphatic carbocycles. The van der Waals surface area contributed by atoms with E-state index in [1.165, 1.54) is 0 Å². The number of pyridine rings is 1. The molecule has 4 heterocycles. The van der Waals surface area contributed by atoms with E-state index in [-0.39, 0.29) is 17.5 Å². The lowest BCUT2D eigenvalue weighted by atomic mass is 10.2. The standard InChI is InChI=1S/C22H23N7O2/c1-23-9-4-11-29-17-6-3-2-5-15(17)26-22(29)27-20(30)16-8-7-14-13-18-21(31)24-10-12-28(18)19(14)25-16/h2-3,5-8,13,23H,4,9-12H2,1H3,(H,24,31)(H,26,27,30). The molecule has 1 aliphatic heterocycles. The van der Waals surface area contributed by atoms with Crippen molar-refractivity contribution >= 4 is 39.8 Å². The van der Waals surface area contributed by atoms with E-state index in [9.17, 15) is 9.59 Å². The van der Waals surface area contributed by atoms with Gasteiger partial charge in [0, 0.05) is 25.0 Å². The quantitative estimate of drug-likeness (QED) is 0.416. The van der Waals surface area contributed by atoms with Crippen molar-refractivity contribution < 1.29 is 9.59 Å². The number of carbonyl (C=O) groups is 2. The van der Waals surface area contributed by atoms with Gasteiger partial charge in [0.05, 0.1) is 11.0 Å². The normalized spacial score (nSPS) is 13.4. The fraction of sp³-hybridized carbons (Fsp3) is 0.273. The minimum absolute atomic E-state index is 0.120. The molecule has 0 saturated carbocycles. The molecular formula is C22H23N7O2. The molecule has 4 aromatic rings. The van der Waals surface area contributed by atoms with Crippen LogP contribution in [0.15, 0.2) is 42.5 Å².